The molecule has 174 valence electrons. The van der Waals surface area contributed by atoms with Crippen LogP contribution in [0.1, 0.15) is 55.6 Å². The van der Waals surface area contributed by atoms with E-state index < -0.39 is 0 Å². The summed E-state index contributed by atoms with van der Waals surface area (Å²) in [4.78, 5) is 24.5. The summed E-state index contributed by atoms with van der Waals surface area (Å²) < 4.78 is 16.3. The van der Waals surface area contributed by atoms with E-state index >= 15 is 0 Å². The first-order valence-corrected chi connectivity index (χ1v) is 10.9. The Kier molecular flexibility index (Phi) is 9.85. The molecule has 0 saturated carbocycles. The van der Waals surface area contributed by atoms with Crippen molar-refractivity contribution in [2.75, 3.05) is 27.4 Å². The molecule has 7 heteroatoms. The number of ether oxygens (including phenoxy) is 3. The summed E-state index contributed by atoms with van der Waals surface area (Å²) in [5.74, 6) is 2.20. The first kappa shape index (κ1) is 25.0. The van der Waals surface area contributed by atoms with Crippen LogP contribution in [0.3, 0.4) is 0 Å². The normalized spacial score (nSPS) is 11.6. The van der Waals surface area contributed by atoms with Crippen LogP contribution in [-0.2, 0) is 4.79 Å². The van der Waals surface area contributed by atoms with E-state index in [0.29, 0.717) is 54.7 Å². The zero-order chi connectivity index (χ0) is 23.5. The van der Waals surface area contributed by atoms with Gasteiger partial charge in [0.05, 0.1) is 26.9 Å². The molecule has 2 amide bonds. The van der Waals surface area contributed by atoms with Crippen LogP contribution in [0, 0.1) is 5.92 Å². The average molecular weight is 443 g/mol. The van der Waals surface area contributed by atoms with Gasteiger partial charge in [0.15, 0.2) is 11.5 Å². The zero-order valence-electron chi connectivity index (χ0n) is 19.6. The number of benzene rings is 2. The van der Waals surface area contributed by atoms with Crippen molar-refractivity contribution in [2.45, 2.75) is 39.7 Å². The average Bonchev–Trinajstić information content (AvgIpc) is 2.80. The molecule has 32 heavy (non-hydrogen) atoms. The van der Waals surface area contributed by atoms with Crippen molar-refractivity contribution >= 4 is 11.8 Å². The summed E-state index contributed by atoms with van der Waals surface area (Å²) in [6, 6.07) is 12.4. The highest BCUT2D eigenvalue weighted by atomic mass is 16.5. The van der Waals surface area contributed by atoms with E-state index in [1.807, 2.05) is 25.1 Å². The molecule has 0 aromatic heterocycles. The maximum absolute atomic E-state index is 12.3. The van der Waals surface area contributed by atoms with Crippen LogP contribution < -0.4 is 24.8 Å². The number of amides is 2. The minimum Gasteiger partial charge on any atom is -0.497 e. The number of carbonyl (C=O) groups is 2. The molecule has 0 fully saturated rings. The third kappa shape index (κ3) is 7.80. The second-order valence-corrected chi connectivity index (χ2v) is 7.99. The van der Waals surface area contributed by atoms with Crippen LogP contribution >= 0.6 is 0 Å². The second kappa shape index (κ2) is 12.6. The lowest BCUT2D eigenvalue weighted by atomic mass is 10.1. The van der Waals surface area contributed by atoms with E-state index in [4.69, 9.17) is 14.2 Å². The van der Waals surface area contributed by atoms with Gasteiger partial charge in [-0.15, -0.1) is 0 Å². The van der Waals surface area contributed by atoms with E-state index in [0.717, 1.165) is 5.56 Å². The van der Waals surface area contributed by atoms with E-state index in [2.05, 4.69) is 24.5 Å². The Hall–Kier alpha value is -3.22. The molecule has 2 N–H and O–H groups in total. The first-order chi connectivity index (χ1) is 15.3. The predicted molar refractivity (Wildman–Crippen MR) is 124 cm³/mol. The molecule has 0 aliphatic rings. The number of carbonyl (C=O) groups excluding carboxylic acids is 2. The monoisotopic (exact) mass is 442 g/mol. The lowest BCUT2D eigenvalue weighted by Crippen LogP contribution is -2.29. The van der Waals surface area contributed by atoms with Gasteiger partial charge in [0.25, 0.3) is 5.91 Å². The van der Waals surface area contributed by atoms with Crippen molar-refractivity contribution in [2.24, 2.45) is 5.92 Å². The third-order valence-corrected chi connectivity index (χ3v) is 4.86. The summed E-state index contributed by atoms with van der Waals surface area (Å²) in [7, 11) is 3.18. The van der Waals surface area contributed by atoms with Crippen LogP contribution in [0.25, 0.3) is 0 Å². The van der Waals surface area contributed by atoms with E-state index in [1.54, 1.807) is 38.5 Å². The minimum atomic E-state index is -0.176. The zero-order valence-corrected chi connectivity index (χ0v) is 19.6. The molecule has 7 nitrogen and oxygen atoms in total. The molecule has 0 aliphatic carbocycles. The Labute approximate surface area is 190 Å². The Balaban J connectivity index is 1.77. The molecule has 0 saturated heterocycles. The maximum atomic E-state index is 12.3. The van der Waals surface area contributed by atoms with E-state index in [9.17, 15) is 9.59 Å². The molecule has 1 atom stereocenters. The van der Waals surface area contributed by atoms with Gasteiger partial charge in [-0.05, 0) is 61.2 Å². The molecule has 2 aromatic carbocycles. The van der Waals surface area contributed by atoms with Gasteiger partial charge in [0, 0.05) is 18.5 Å². The summed E-state index contributed by atoms with van der Waals surface area (Å²) in [6.07, 6.45) is 0.867. The van der Waals surface area contributed by atoms with Gasteiger partial charge in [-0.1, -0.05) is 19.9 Å². The Morgan fingerprint density at radius 3 is 2.28 bits per heavy atom. The summed E-state index contributed by atoms with van der Waals surface area (Å²) in [6.45, 7) is 7.12. The van der Waals surface area contributed by atoms with Gasteiger partial charge in [0.2, 0.25) is 5.91 Å². The maximum Gasteiger partial charge on any atom is 0.251 e. The largest absolute Gasteiger partial charge is 0.497 e. The fourth-order valence-corrected chi connectivity index (χ4v) is 3.02. The Bertz CT molecular complexity index is 880. The molecule has 2 aromatic rings. The molecule has 0 spiro atoms. The van der Waals surface area contributed by atoms with Gasteiger partial charge in [0.1, 0.15) is 5.75 Å². The van der Waals surface area contributed by atoms with Crippen molar-refractivity contribution in [1.82, 2.24) is 10.6 Å². The lowest BCUT2D eigenvalue weighted by Gasteiger charge is -2.18. The number of methoxy groups -OCH3 is 2. The van der Waals surface area contributed by atoms with Crippen LogP contribution in [-0.4, -0.2) is 39.2 Å². The summed E-state index contributed by atoms with van der Waals surface area (Å²) in [5, 5.41) is 5.82. The highest BCUT2D eigenvalue weighted by Gasteiger charge is 2.14. The number of hydrogen-bond donors (Lipinski definition) is 2. The van der Waals surface area contributed by atoms with Crippen molar-refractivity contribution in [3.8, 4) is 17.2 Å². The van der Waals surface area contributed by atoms with E-state index in [-0.39, 0.29) is 17.9 Å². The molecule has 1 unspecified atom stereocenters. The molecule has 0 bridgehead atoms. The van der Waals surface area contributed by atoms with Crippen LogP contribution in [0.2, 0.25) is 0 Å². The topological polar surface area (TPSA) is 85.9 Å². The standard InChI is InChI=1S/C25H34N2O5/c1-17(2)16-32-22-13-10-20(15-23(22)31-5)18(3)27-24(28)7-6-14-26-25(29)19-8-11-21(30-4)12-9-19/h8-13,15,17-18H,6-7,14,16H2,1-5H3,(H,26,29)(H,27,28). The molecule has 2 rings (SSSR count). The van der Waals surface area contributed by atoms with Crippen molar-refractivity contribution in [3.05, 3.63) is 53.6 Å². The molecule has 0 aliphatic heterocycles. The van der Waals surface area contributed by atoms with Crippen molar-refractivity contribution in [3.63, 3.8) is 0 Å². The molecule has 0 radical (unpaired) electrons. The lowest BCUT2D eigenvalue weighted by molar-refractivity contribution is -0.121. The van der Waals surface area contributed by atoms with Crippen LogP contribution in [0.5, 0.6) is 17.2 Å². The van der Waals surface area contributed by atoms with Crippen molar-refractivity contribution < 1.29 is 23.8 Å². The second-order valence-electron chi connectivity index (χ2n) is 7.99. The van der Waals surface area contributed by atoms with Crippen molar-refractivity contribution in [1.29, 1.82) is 0 Å². The third-order valence-electron chi connectivity index (χ3n) is 4.86. The van der Waals surface area contributed by atoms with Gasteiger partial charge in [-0.3, -0.25) is 9.59 Å². The smallest absolute Gasteiger partial charge is 0.251 e. The first-order valence-electron chi connectivity index (χ1n) is 10.9. The van der Waals surface area contributed by atoms with Gasteiger partial charge in [-0.25, -0.2) is 0 Å². The summed E-state index contributed by atoms with van der Waals surface area (Å²) >= 11 is 0. The fourth-order valence-electron chi connectivity index (χ4n) is 3.02. The number of hydrogen-bond acceptors (Lipinski definition) is 5. The summed E-state index contributed by atoms with van der Waals surface area (Å²) in [5.41, 5.74) is 1.48. The highest BCUT2D eigenvalue weighted by molar-refractivity contribution is 5.94. The highest BCUT2D eigenvalue weighted by Crippen LogP contribution is 2.30. The van der Waals surface area contributed by atoms with E-state index in [1.165, 1.54) is 0 Å². The molecule has 0 heterocycles. The Morgan fingerprint density at radius 2 is 1.66 bits per heavy atom. The molecular formula is C25H34N2O5. The van der Waals surface area contributed by atoms with Crippen LogP contribution in [0.4, 0.5) is 0 Å². The van der Waals surface area contributed by atoms with Gasteiger partial charge >= 0.3 is 0 Å². The van der Waals surface area contributed by atoms with Gasteiger partial charge in [-0.2, -0.15) is 0 Å². The predicted octanol–water partition coefficient (Wildman–Crippen LogP) is 4.13. The van der Waals surface area contributed by atoms with Gasteiger partial charge < -0.3 is 24.8 Å². The minimum absolute atomic E-state index is 0.0738. The Morgan fingerprint density at radius 1 is 0.938 bits per heavy atom. The quantitative estimate of drug-likeness (QED) is 0.483. The SMILES string of the molecule is COc1ccc(C(=O)NCCCC(=O)NC(C)c2ccc(OCC(C)C)c(OC)c2)cc1. The number of rotatable bonds is 12. The fraction of sp³-hybridized carbons (Fsp3) is 0.440. The molecular weight excluding hydrogens is 408 g/mol. The van der Waals surface area contributed by atoms with Crippen LogP contribution in [0.15, 0.2) is 42.5 Å². The number of nitrogens with one attached hydrogen (secondary N) is 2.